The van der Waals surface area contributed by atoms with E-state index < -0.39 is 0 Å². The third kappa shape index (κ3) is 2.38. The molecule has 2 bridgehead atoms. The van der Waals surface area contributed by atoms with E-state index in [0.717, 1.165) is 18.6 Å². The van der Waals surface area contributed by atoms with E-state index in [9.17, 15) is 10.1 Å². The Hall–Kier alpha value is -1.62. The van der Waals surface area contributed by atoms with Gasteiger partial charge in [0.15, 0.2) is 0 Å². The van der Waals surface area contributed by atoms with Crippen LogP contribution in [0.3, 0.4) is 0 Å². The van der Waals surface area contributed by atoms with Gasteiger partial charge in [-0.3, -0.25) is 10.1 Å². The number of benzene rings is 1. The molecule has 2 saturated heterocycles. The maximum Gasteiger partial charge on any atom is 0.272 e. The Bertz CT molecular complexity index is 518. The lowest BCUT2D eigenvalue weighted by atomic mass is 10.0. The molecule has 0 spiro atoms. The summed E-state index contributed by atoms with van der Waals surface area (Å²) in [5, 5.41) is 10.8. The van der Waals surface area contributed by atoms with Gasteiger partial charge in [-0.1, -0.05) is 0 Å². The molecule has 2 heterocycles. The van der Waals surface area contributed by atoms with E-state index in [-0.39, 0.29) is 16.7 Å². The average molecular weight is 276 g/mol. The number of rotatable bonds is 3. The van der Waals surface area contributed by atoms with E-state index in [4.69, 9.17) is 4.74 Å². The number of nitrogens with zero attached hydrogens (tertiary/aromatic N) is 2. The van der Waals surface area contributed by atoms with Crippen molar-refractivity contribution in [1.29, 1.82) is 0 Å². The molecule has 1 aromatic rings. The van der Waals surface area contributed by atoms with Gasteiger partial charge in [0.2, 0.25) is 0 Å². The van der Waals surface area contributed by atoms with Gasteiger partial charge < -0.3 is 9.64 Å². The summed E-state index contributed by atoms with van der Waals surface area (Å²) < 4.78 is 6.05. The van der Waals surface area contributed by atoms with Crippen molar-refractivity contribution < 1.29 is 9.66 Å². The van der Waals surface area contributed by atoms with Crippen LogP contribution < -0.4 is 4.74 Å². The summed E-state index contributed by atoms with van der Waals surface area (Å²) in [6.45, 7) is 1.75. The van der Waals surface area contributed by atoms with E-state index in [1.165, 1.54) is 18.9 Å². The predicted molar refractivity (Wildman–Crippen MR) is 76.1 cm³/mol. The first kappa shape index (κ1) is 13.4. The smallest absolute Gasteiger partial charge is 0.272 e. The highest BCUT2D eigenvalue weighted by Gasteiger charge is 2.39. The zero-order chi connectivity index (χ0) is 14.3. The molecule has 0 saturated carbocycles. The van der Waals surface area contributed by atoms with E-state index >= 15 is 0 Å². The number of ether oxygens (including phenoxy) is 1. The maximum absolute atomic E-state index is 10.8. The van der Waals surface area contributed by atoms with Crippen molar-refractivity contribution in [1.82, 2.24) is 4.90 Å². The SMILES string of the molecule is Cc1cc(OC2CC3CCC(C2)N3C)ccc1[N+](=O)[O-]. The molecule has 1 aromatic carbocycles. The van der Waals surface area contributed by atoms with Crippen molar-refractivity contribution in [3.8, 4) is 5.75 Å². The Morgan fingerprint density at radius 3 is 2.50 bits per heavy atom. The van der Waals surface area contributed by atoms with Gasteiger partial charge in [0.25, 0.3) is 5.69 Å². The Morgan fingerprint density at radius 2 is 1.95 bits per heavy atom. The van der Waals surface area contributed by atoms with E-state index in [0.29, 0.717) is 17.6 Å². The number of hydrogen-bond donors (Lipinski definition) is 0. The highest BCUT2D eigenvalue weighted by Crippen LogP contribution is 2.36. The molecule has 20 heavy (non-hydrogen) atoms. The lowest BCUT2D eigenvalue weighted by molar-refractivity contribution is -0.385. The van der Waals surface area contributed by atoms with Crippen molar-refractivity contribution in [2.45, 2.75) is 50.8 Å². The minimum absolute atomic E-state index is 0.154. The fourth-order valence-electron chi connectivity index (χ4n) is 3.56. The van der Waals surface area contributed by atoms with Crippen LogP contribution in [0.25, 0.3) is 0 Å². The van der Waals surface area contributed by atoms with Crippen LogP contribution in [-0.4, -0.2) is 35.1 Å². The fourth-order valence-corrected chi connectivity index (χ4v) is 3.56. The molecule has 0 N–H and O–H groups in total. The van der Waals surface area contributed by atoms with Crippen molar-refractivity contribution >= 4 is 5.69 Å². The van der Waals surface area contributed by atoms with Crippen LogP contribution in [0.15, 0.2) is 18.2 Å². The molecule has 3 rings (SSSR count). The molecule has 2 unspecified atom stereocenters. The molecule has 0 radical (unpaired) electrons. The van der Waals surface area contributed by atoms with Crippen LogP contribution in [0, 0.1) is 17.0 Å². The molecular weight excluding hydrogens is 256 g/mol. The summed E-state index contributed by atoms with van der Waals surface area (Å²) in [6.07, 6.45) is 4.89. The standard InChI is InChI=1S/C15H20N2O3/c1-10-7-13(5-6-15(10)17(18)19)20-14-8-11-3-4-12(9-14)16(11)2/h5-7,11-12,14H,3-4,8-9H2,1-2H3. The van der Waals surface area contributed by atoms with Crippen LogP contribution >= 0.6 is 0 Å². The van der Waals surface area contributed by atoms with Gasteiger partial charge in [0.05, 0.1) is 4.92 Å². The summed E-state index contributed by atoms with van der Waals surface area (Å²) in [7, 11) is 2.20. The van der Waals surface area contributed by atoms with E-state index in [1.54, 1.807) is 19.1 Å². The van der Waals surface area contributed by atoms with Gasteiger partial charge in [0, 0.05) is 23.7 Å². The highest BCUT2D eigenvalue weighted by atomic mass is 16.6. The molecule has 2 aliphatic rings. The second-order valence-corrected chi connectivity index (χ2v) is 5.97. The predicted octanol–water partition coefficient (Wildman–Crippen LogP) is 2.91. The molecule has 2 fully saturated rings. The van der Waals surface area contributed by atoms with Gasteiger partial charge >= 0.3 is 0 Å². The van der Waals surface area contributed by atoms with Crippen LogP contribution in [-0.2, 0) is 0 Å². The summed E-state index contributed by atoms with van der Waals surface area (Å²) in [5.74, 6) is 0.752. The van der Waals surface area contributed by atoms with Gasteiger partial charge in [-0.05, 0) is 51.8 Å². The first-order chi connectivity index (χ1) is 9.54. The fraction of sp³-hybridized carbons (Fsp3) is 0.600. The number of piperidine rings is 1. The van der Waals surface area contributed by atoms with Crippen LogP contribution in [0.4, 0.5) is 5.69 Å². The largest absolute Gasteiger partial charge is 0.490 e. The Balaban J connectivity index is 1.70. The number of fused-ring (bicyclic) bond motifs is 2. The molecule has 108 valence electrons. The number of aryl methyl sites for hydroxylation is 1. The van der Waals surface area contributed by atoms with Crippen LogP contribution in [0.1, 0.15) is 31.2 Å². The number of nitro groups is 1. The summed E-state index contributed by atoms with van der Waals surface area (Å²) in [4.78, 5) is 12.9. The summed E-state index contributed by atoms with van der Waals surface area (Å²) in [5.41, 5.74) is 0.809. The van der Waals surface area contributed by atoms with E-state index in [1.807, 2.05) is 0 Å². The molecule has 0 aliphatic carbocycles. The zero-order valence-electron chi connectivity index (χ0n) is 11.9. The second-order valence-electron chi connectivity index (χ2n) is 5.97. The summed E-state index contributed by atoms with van der Waals surface area (Å²) in [6, 6.07) is 6.30. The Kier molecular flexibility index (Phi) is 3.38. The molecule has 2 atom stereocenters. The first-order valence-electron chi connectivity index (χ1n) is 7.18. The Morgan fingerprint density at radius 1 is 1.30 bits per heavy atom. The van der Waals surface area contributed by atoms with Crippen LogP contribution in [0.2, 0.25) is 0 Å². The lowest BCUT2D eigenvalue weighted by Crippen LogP contribution is -2.43. The minimum atomic E-state index is -0.352. The molecule has 5 heteroatoms. The number of hydrogen-bond acceptors (Lipinski definition) is 4. The summed E-state index contributed by atoms with van der Waals surface area (Å²) >= 11 is 0. The molecule has 2 aliphatic heterocycles. The van der Waals surface area contributed by atoms with Gasteiger partial charge in [0.1, 0.15) is 11.9 Å². The van der Waals surface area contributed by atoms with Gasteiger partial charge in [-0.2, -0.15) is 0 Å². The number of nitro benzene ring substituents is 1. The lowest BCUT2D eigenvalue weighted by Gasteiger charge is -2.36. The van der Waals surface area contributed by atoms with Crippen LogP contribution in [0.5, 0.6) is 5.75 Å². The average Bonchev–Trinajstić information content (AvgIpc) is 2.62. The molecule has 5 nitrogen and oxygen atoms in total. The van der Waals surface area contributed by atoms with Gasteiger partial charge in [-0.25, -0.2) is 0 Å². The third-order valence-electron chi connectivity index (χ3n) is 4.72. The molecule has 0 aromatic heterocycles. The zero-order valence-corrected chi connectivity index (χ0v) is 11.9. The maximum atomic E-state index is 10.8. The van der Waals surface area contributed by atoms with E-state index in [2.05, 4.69) is 11.9 Å². The minimum Gasteiger partial charge on any atom is -0.490 e. The molecular formula is C15H20N2O3. The van der Waals surface area contributed by atoms with Crippen molar-refractivity contribution in [3.05, 3.63) is 33.9 Å². The molecule has 0 amide bonds. The third-order valence-corrected chi connectivity index (χ3v) is 4.72. The first-order valence-corrected chi connectivity index (χ1v) is 7.18. The Labute approximate surface area is 118 Å². The second kappa shape index (κ2) is 5.05. The van der Waals surface area contributed by atoms with Crippen molar-refractivity contribution in [2.75, 3.05) is 7.05 Å². The quantitative estimate of drug-likeness (QED) is 0.629. The monoisotopic (exact) mass is 276 g/mol. The topological polar surface area (TPSA) is 55.6 Å². The normalized spacial score (nSPS) is 29.4. The van der Waals surface area contributed by atoms with Crippen molar-refractivity contribution in [3.63, 3.8) is 0 Å². The highest BCUT2D eigenvalue weighted by molar-refractivity contribution is 5.44. The van der Waals surface area contributed by atoms with Gasteiger partial charge in [-0.15, -0.1) is 0 Å². The van der Waals surface area contributed by atoms with Crippen molar-refractivity contribution in [2.24, 2.45) is 0 Å².